The molecule has 2 aromatic rings. The van der Waals surface area contributed by atoms with Crippen molar-refractivity contribution in [1.82, 2.24) is 10.3 Å². The number of rotatable bonds is 5. The fourth-order valence-electron chi connectivity index (χ4n) is 1.83. The van der Waals surface area contributed by atoms with Crippen LogP contribution in [0.25, 0.3) is 0 Å². The predicted octanol–water partition coefficient (Wildman–Crippen LogP) is 1.96. The Morgan fingerprint density at radius 2 is 2.05 bits per heavy atom. The number of amides is 1. The molecule has 1 atom stereocenters. The molecule has 0 saturated heterocycles. The van der Waals surface area contributed by atoms with Gasteiger partial charge in [0.25, 0.3) is 5.91 Å². The summed E-state index contributed by atoms with van der Waals surface area (Å²) in [4.78, 5) is 16.0. The third kappa shape index (κ3) is 3.69. The second-order valence-electron chi connectivity index (χ2n) is 4.63. The number of hydrogen-bond donors (Lipinski definition) is 1. The molecule has 7 heteroatoms. The number of aromatic nitrogens is 1. The number of carbonyl (C=O) groups excluding carboxylic acids is 1. The molecule has 2 heterocycles. The van der Waals surface area contributed by atoms with Crippen LogP contribution in [-0.2, 0) is 9.84 Å². The Labute approximate surface area is 123 Å². The Bertz CT molecular complexity index is 722. The van der Waals surface area contributed by atoms with Gasteiger partial charge in [0.1, 0.15) is 16.9 Å². The van der Waals surface area contributed by atoms with Crippen LogP contribution < -0.4 is 5.32 Å². The minimum Gasteiger partial charge on any atom is -0.466 e. The lowest BCUT2D eigenvalue weighted by Gasteiger charge is -2.14. The molecule has 0 radical (unpaired) electrons. The smallest absolute Gasteiger partial charge is 0.251 e. The van der Waals surface area contributed by atoms with Gasteiger partial charge in [0.05, 0.1) is 6.04 Å². The van der Waals surface area contributed by atoms with Crippen LogP contribution in [0.1, 0.15) is 35.5 Å². The first-order chi connectivity index (χ1) is 9.91. The second-order valence-corrected chi connectivity index (χ2v) is 6.64. The van der Waals surface area contributed by atoms with Crippen LogP contribution in [-0.4, -0.2) is 25.6 Å². The zero-order valence-corrected chi connectivity index (χ0v) is 12.6. The Balaban J connectivity index is 2.17. The zero-order chi connectivity index (χ0) is 15.5. The Hall–Kier alpha value is -2.15. The van der Waals surface area contributed by atoms with Gasteiger partial charge in [-0.3, -0.25) is 9.78 Å². The maximum absolute atomic E-state index is 12.1. The van der Waals surface area contributed by atoms with E-state index in [2.05, 4.69) is 10.3 Å². The van der Waals surface area contributed by atoms with Crippen LogP contribution in [0.15, 0.2) is 46.2 Å². The van der Waals surface area contributed by atoms with E-state index in [1.165, 1.54) is 24.7 Å². The van der Waals surface area contributed by atoms with Crippen molar-refractivity contribution in [2.45, 2.75) is 24.3 Å². The summed E-state index contributed by atoms with van der Waals surface area (Å²) in [6.07, 6.45) is 5.94. The predicted molar refractivity (Wildman–Crippen MR) is 76.6 cm³/mol. The summed E-state index contributed by atoms with van der Waals surface area (Å²) < 4.78 is 28.2. The van der Waals surface area contributed by atoms with E-state index in [1.807, 2.05) is 6.92 Å². The van der Waals surface area contributed by atoms with Gasteiger partial charge in [0.2, 0.25) is 0 Å². The molecule has 2 rings (SSSR count). The van der Waals surface area contributed by atoms with E-state index in [0.29, 0.717) is 17.7 Å². The monoisotopic (exact) mass is 308 g/mol. The fourth-order valence-corrected chi connectivity index (χ4v) is 2.38. The summed E-state index contributed by atoms with van der Waals surface area (Å²) in [5, 5.41) is 2.81. The minimum absolute atomic E-state index is 0.106. The van der Waals surface area contributed by atoms with Crippen molar-refractivity contribution >= 4 is 15.7 Å². The number of sulfone groups is 1. The zero-order valence-electron chi connectivity index (χ0n) is 11.7. The lowest BCUT2D eigenvalue weighted by atomic mass is 10.1. The van der Waals surface area contributed by atoms with E-state index in [4.69, 9.17) is 4.42 Å². The number of carbonyl (C=O) groups is 1. The first kappa shape index (κ1) is 15.2. The summed E-state index contributed by atoms with van der Waals surface area (Å²) in [5.41, 5.74) is 0.485. The second kappa shape index (κ2) is 6.09. The lowest BCUT2D eigenvalue weighted by molar-refractivity contribution is 0.0930. The molecule has 0 aliphatic carbocycles. The highest BCUT2D eigenvalue weighted by molar-refractivity contribution is 7.90. The van der Waals surface area contributed by atoms with E-state index in [0.717, 1.165) is 6.26 Å². The van der Waals surface area contributed by atoms with Crippen LogP contribution in [0.2, 0.25) is 0 Å². The third-order valence-electron chi connectivity index (χ3n) is 3.02. The normalized spacial score (nSPS) is 12.9. The number of hydrogen-bond acceptors (Lipinski definition) is 5. The highest BCUT2D eigenvalue weighted by Crippen LogP contribution is 2.22. The number of nitrogens with zero attached hydrogens (tertiary/aromatic N) is 1. The number of nitrogens with one attached hydrogen (secondary N) is 1. The molecule has 0 aliphatic heterocycles. The fraction of sp³-hybridized carbons (Fsp3) is 0.286. The van der Waals surface area contributed by atoms with E-state index in [1.54, 1.807) is 12.1 Å². The van der Waals surface area contributed by atoms with Crippen LogP contribution >= 0.6 is 0 Å². The largest absolute Gasteiger partial charge is 0.466 e. The highest BCUT2D eigenvalue weighted by Gasteiger charge is 2.20. The van der Waals surface area contributed by atoms with Gasteiger partial charge >= 0.3 is 0 Å². The molecule has 0 bridgehead atoms. The molecule has 0 aromatic carbocycles. The quantitative estimate of drug-likeness (QED) is 0.912. The number of pyridine rings is 1. The van der Waals surface area contributed by atoms with E-state index in [9.17, 15) is 13.2 Å². The molecular formula is C14H16N2O4S. The molecular weight excluding hydrogens is 292 g/mol. The van der Waals surface area contributed by atoms with Crippen molar-refractivity contribution in [3.63, 3.8) is 0 Å². The van der Waals surface area contributed by atoms with Gasteiger partial charge in [-0.05, 0) is 18.6 Å². The van der Waals surface area contributed by atoms with Crippen LogP contribution in [0.4, 0.5) is 0 Å². The maximum Gasteiger partial charge on any atom is 0.251 e. The van der Waals surface area contributed by atoms with Crippen LogP contribution in [0, 0.1) is 0 Å². The molecule has 0 spiro atoms. The van der Waals surface area contributed by atoms with Gasteiger partial charge < -0.3 is 9.73 Å². The van der Waals surface area contributed by atoms with Crippen LogP contribution in [0.3, 0.4) is 0 Å². The van der Waals surface area contributed by atoms with E-state index < -0.39 is 9.84 Å². The molecule has 2 aromatic heterocycles. The van der Waals surface area contributed by atoms with Crippen molar-refractivity contribution in [2.75, 3.05) is 6.26 Å². The molecule has 0 aliphatic rings. The molecule has 0 fully saturated rings. The van der Waals surface area contributed by atoms with Gasteiger partial charge in [-0.15, -0.1) is 0 Å². The summed E-state index contributed by atoms with van der Waals surface area (Å²) in [5.74, 6) is 0.155. The average Bonchev–Trinajstić information content (AvgIpc) is 2.95. The Morgan fingerprint density at radius 3 is 2.57 bits per heavy atom. The maximum atomic E-state index is 12.1. The van der Waals surface area contributed by atoms with Gasteiger partial charge in [-0.1, -0.05) is 6.92 Å². The first-order valence-electron chi connectivity index (χ1n) is 6.41. The molecule has 1 amide bonds. The molecule has 0 saturated carbocycles. The van der Waals surface area contributed by atoms with Crippen molar-refractivity contribution in [3.8, 4) is 0 Å². The van der Waals surface area contributed by atoms with Crippen molar-refractivity contribution in [3.05, 3.63) is 48.2 Å². The Kier molecular flexibility index (Phi) is 4.42. The topological polar surface area (TPSA) is 89.3 Å². The molecule has 112 valence electrons. The highest BCUT2D eigenvalue weighted by atomic mass is 32.2. The van der Waals surface area contributed by atoms with Gasteiger partial charge in [-0.25, -0.2) is 8.42 Å². The van der Waals surface area contributed by atoms with E-state index in [-0.39, 0.29) is 16.8 Å². The SMILES string of the molecule is CC[C@H](NC(=O)c1ccncc1)c1cc(S(C)(=O)=O)co1. The average molecular weight is 308 g/mol. The van der Waals surface area contributed by atoms with Gasteiger partial charge in [0, 0.05) is 30.3 Å². The summed E-state index contributed by atoms with van der Waals surface area (Å²) in [6, 6.07) is 4.26. The molecule has 1 N–H and O–H groups in total. The molecule has 21 heavy (non-hydrogen) atoms. The first-order valence-corrected chi connectivity index (χ1v) is 8.30. The van der Waals surface area contributed by atoms with E-state index >= 15 is 0 Å². The summed E-state index contributed by atoms with van der Waals surface area (Å²) in [7, 11) is -3.32. The van der Waals surface area contributed by atoms with Gasteiger partial charge in [0.15, 0.2) is 9.84 Å². The van der Waals surface area contributed by atoms with Crippen LogP contribution in [0.5, 0.6) is 0 Å². The minimum atomic E-state index is -3.32. The van der Waals surface area contributed by atoms with Gasteiger partial charge in [-0.2, -0.15) is 0 Å². The number of furan rings is 1. The summed E-state index contributed by atoms with van der Waals surface area (Å²) >= 11 is 0. The third-order valence-corrected chi connectivity index (χ3v) is 4.09. The summed E-state index contributed by atoms with van der Waals surface area (Å²) in [6.45, 7) is 1.88. The molecule has 0 unspecified atom stereocenters. The lowest BCUT2D eigenvalue weighted by Crippen LogP contribution is -2.27. The molecule has 6 nitrogen and oxygen atoms in total. The Morgan fingerprint density at radius 1 is 1.38 bits per heavy atom. The van der Waals surface area contributed by atoms with Crippen molar-refractivity contribution in [2.24, 2.45) is 0 Å². The van der Waals surface area contributed by atoms with Crippen molar-refractivity contribution < 1.29 is 17.6 Å². The van der Waals surface area contributed by atoms with Crippen molar-refractivity contribution in [1.29, 1.82) is 0 Å². The standard InChI is InChI=1S/C14H16N2O4S/c1-3-12(13-8-11(9-20-13)21(2,18)19)16-14(17)10-4-6-15-7-5-10/h4-9,12H,3H2,1-2H3,(H,16,17)/t12-/m0/s1.